The summed E-state index contributed by atoms with van der Waals surface area (Å²) in [5.41, 5.74) is 3.51. The van der Waals surface area contributed by atoms with Crippen molar-refractivity contribution in [1.29, 1.82) is 0 Å². The summed E-state index contributed by atoms with van der Waals surface area (Å²) in [5.74, 6) is 0.322. The summed E-state index contributed by atoms with van der Waals surface area (Å²) in [6.07, 6.45) is 1.83. The second-order valence-corrected chi connectivity index (χ2v) is 5.10. The molecule has 0 spiro atoms. The van der Waals surface area contributed by atoms with Gasteiger partial charge < -0.3 is 5.11 Å². The van der Waals surface area contributed by atoms with Gasteiger partial charge in [-0.25, -0.2) is 0 Å². The lowest BCUT2D eigenvalue weighted by Crippen LogP contribution is -1.72. The summed E-state index contributed by atoms with van der Waals surface area (Å²) in [5, 5.41) is 8.63. The fraction of sp³-hybridized carbons (Fsp3) is 0.0435. The third-order valence-electron chi connectivity index (χ3n) is 3.06. The largest absolute Gasteiger partial charge is 0.508 e. The second-order valence-electron chi connectivity index (χ2n) is 5.10. The van der Waals surface area contributed by atoms with Crippen LogP contribution in [0.2, 0.25) is 0 Å². The van der Waals surface area contributed by atoms with E-state index in [1.807, 2.05) is 67.6 Å². The van der Waals surface area contributed by atoms with Crippen LogP contribution >= 0.6 is 0 Å². The average molecular weight is 316 g/mol. The molecule has 0 saturated carbocycles. The topological polar surface area (TPSA) is 20.2 Å². The number of phenols is 1. The highest BCUT2D eigenvalue weighted by Gasteiger charge is 1.86. The molecule has 0 unspecified atom stereocenters. The first-order valence-electron chi connectivity index (χ1n) is 7.76. The predicted molar refractivity (Wildman–Crippen MR) is 106 cm³/mol. The van der Waals surface area contributed by atoms with Crippen molar-refractivity contribution in [2.45, 2.75) is 6.92 Å². The van der Waals surface area contributed by atoms with Gasteiger partial charge in [0.25, 0.3) is 0 Å². The Morgan fingerprint density at radius 2 is 1.17 bits per heavy atom. The zero-order valence-corrected chi connectivity index (χ0v) is 14.1. The molecule has 3 aromatic carbocycles. The highest BCUT2D eigenvalue weighted by Crippen LogP contribution is 2.08. The summed E-state index contributed by atoms with van der Waals surface area (Å²) in [4.78, 5) is 0. The number of para-hydroxylation sites is 1. The number of hydrogen-bond acceptors (Lipinski definition) is 1. The van der Waals surface area contributed by atoms with Crippen LogP contribution in [0.5, 0.6) is 5.75 Å². The maximum Gasteiger partial charge on any atom is 0.115 e. The number of aromatic hydroxyl groups is 1. The maximum absolute atomic E-state index is 8.63. The molecule has 1 nitrogen and oxygen atoms in total. The first-order valence-corrected chi connectivity index (χ1v) is 7.76. The zero-order valence-electron chi connectivity index (χ0n) is 14.1. The van der Waals surface area contributed by atoms with Gasteiger partial charge in [-0.2, -0.15) is 0 Å². The third-order valence-corrected chi connectivity index (χ3v) is 3.06. The number of hydrogen-bond donors (Lipinski definition) is 1. The van der Waals surface area contributed by atoms with Crippen LogP contribution in [-0.4, -0.2) is 5.11 Å². The fourth-order valence-electron chi connectivity index (χ4n) is 1.74. The Labute approximate surface area is 145 Å². The van der Waals surface area contributed by atoms with E-state index in [1.54, 1.807) is 24.3 Å². The molecule has 1 heteroatoms. The fourth-order valence-corrected chi connectivity index (χ4v) is 1.74. The summed E-state index contributed by atoms with van der Waals surface area (Å²) in [6, 6.07) is 28.9. The molecule has 3 aromatic rings. The van der Waals surface area contributed by atoms with Gasteiger partial charge in [-0.15, -0.1) is 0 Å². The Bertz CT molecular complexity index is 701. The van der Waals surface area contributed by atoms with Gasteiger partial charge in [0.1, 0.15) is 5.75 Å². The van der Waals surface area contributed by atoms with E-state index in [0.717, 1.165) is 5.57 Å². The van der Waals surface area contributed by atoms with Crippen molar-refractivity contribution in [3.05, 3.63) is 115 Å². The molecule has 0 fully saturated rings. The SMILES string of the molecule is C=C(C)c1ccccc1.C=Cc1ccccc1.Oc1ccccc1. The van der Waals surface area contributed by atoms with E-state index in [9.17, 15) is 0 Å². The van der Waals surface area contributed by atoms with Crippen molar-refractivity contribution in [3.8, 4) is 5.75 Å². The third kappa shape index (κ3) is 8.40. The normalized spacial score (nSPS) is 8.71. The lowest BCUT2D eigenvalue weighted by Gasteiger charge is -1.94. The molecular weight excluding hydrogens is 292 g/mol. The van der Waals surface area contributed by atoms with Crippen LogP contribution in [-0.2, 0) is 0 Å². The molecule has 0 aliphatic rings. The molecule has 0 heterocycles. The van der Waals surface area contributed by atoms with E-state index in [1.165, 1.54) is 11.1 Å². The minimum absolute atomic E-state index is 0.322. The lowest BCUT2D eigenvalue weighted by atomic mass is 10.1. The van der Waals surface area contributed by atoms with Crippen LogP contribution in [0, 0.1) is 0 Å². The summed E-state index contributed by atoms with van der Waals surface area (Å²) in [7, 11) is 0. The average Bonchev–Trinajstić information content (AvgIpc) is 2.65. The lowest BCUT2D eigenvalue weighted by molar-refractivity contribution is 0.475. The molecule has 0 radical (unpaired) electrons. The van der Waals surface area contributed by atoms with Gasteiger partial charge in [-0.3, -0.25) is 0 Å². The van der Waals surface area contributed by atoms with E-state index >= 15 is 0 Å². The van der Waals surface area contributed by atoms with Crippen molar-refractivity contribution < 1.29 is 5.11 Å². The Balaban J connectivity index is 0.000000181. The molecule has 0 amide bonds. The molecule has 3 rings (SSSR count). The molecule has 122 valence electrons. The van der Waals surface area contributed by atoms with Gasteiger partial charge in [-0.1, -0.05) is 104 Å². The van der Waals surface area contributed by atoms with E-state index in [0.29, 0.717) is 5.75 Å². The summed E-state index contributed by atoms with van der Waals surface area (Å²) < 4.78 is 0. The van der Waals surface area contributed by atoms with Crippen molar-refractivity contribution in [2.24, 2.45) is 0 Å². The van der Waals surface area contributed by atoms with E-state index < -0.39 is 0 Å². The standard InChI is InChI=1S/C9H10.C8H8.C6H6O/c1-8(2)9-6-4-3-5-7-9;1-2-8-6-4-3-5-7-8;7-6-4-2-1-3-5-6/h3-7H,1H2,2H3;2-7H,1H2;1-5,7H. The van der Waals surface area contributed by atoms with Gasteiger partial charge in [0.05, 0.1) is 0 Å². The second kappa shape index (κ2) is 11.5. The van der Waals surface area contributed by atoms with Crippen LogP contribution in [0.25, 0.3) is 11.6 Å². The summed E-state index contributed by atoms with van der Waals surface area (Å²) >= 11 is 0. The monoisotopic (exact) mass is 316 g/mol. The summed E-state index contributed by atoms with van der Waals surface area (Å²) in [6.45, 7) is 9.47. The van der Waals surface area contributed by atoms with Crippen molar-refractivity contribution in [2.75, 3.05) is 0 Å². The smallest absolute Gasteiger partial charge is 0.115 e. The zero-order chi connectivity index (χ0) is 17.6. The molecule has 0 atom stereocenters. The van der Waals surface area contributed by atoms with Crippen LogP contribution in [0.1, 0.15) is 18.1 Å². The van der Waals surface area contributed by atoms with E-state index in [-0.39, 0.29) is 0 Å². The van der Waals surface area contributed by atoms with E-state index in [4.69, 9.17) is 5.11 Å². The first kappa shape index (κ1) is 19.0. The van der Waals surface area contributed by atoms with Crippen molar-refractivity contribution in [3.63, 3.8) is 0 Å². The van der Waals surface area contributed by atoms with Crippen LogP contribution < -0.4 is 0 Å². The van der Waals surface area contributed by atoms with Gasteiger partial charge >= 0.3 is 0 Å². The van der Waals surface area contributed by atoms with Crippen molar-refractivity contribution >= 4 is 11.6 Å². The minimum atomic E-state index is 0.322. The number of rotatable bonds is 2. The molecule has 0 bridgehead atoms. The Morgan fingerprint density at radius 3 is 1.42 bits per heavy atom. The molecule has 0 aliphatic heterocycles. The van der Waals surface area contributed by atoms with Crippen LogP contribution in [0.3, 0.4) is 0 Å². The van der Waals surface area contributed by atoms with Gasteiger partial charge in [0.15, 0.2) is 0 Å². The van der Waals surface area contributed by atoms with Gasteiger partial charge in [0.2, 0.25) is 0 Å². The first-order chi connectivity index (χ1) is 11.6. The van der Waals surface area contributed by atoms with Crippen molar-refractivity contribution in [1.82, 2.24) is 0 Å². The Hall–Kier alpha value is -3.06. The minimum Gasteiger partial charge on any atom is -0.508 e. The highest BCUT2D eigenvalue weighted by molar-refractivity contribution is 5.60. The number of benzene rings is 3. The maximum atomic E-state index is 8.63. The molecular formula is C23H24O. The molecule has 1 N–H and O–H groups in total. The number of phenolic OH excluding ortho intramolecular Hbond substituents is 1. The Kier molecular flexibility index (Phi) is 9.10. The Morgan fingerprint density at radius 1 is 0.750 bits per heavy atom. The number of allylic oxidation sites excluding steroid dienone is 1. The molecule has 0 saturated heterocycles. The van der Waals surface area contributed by atoms with Crippen LogP contribution in [0.15, 0.2) is 104 Å². The van der Waals surface area contributed by atoms with E-state index in [2.05, 4.69) is 25.3 Å². The molecule has 24 heavy (non-hydrogen) atoms. The predicted octanol–water partition coefficient (Wildman–Crippen LogP) is 6.44. The quantitative estimate of drug-likeness (QED) is 0.576. The van der Waals surface area contributed by atoms with Gasteiger partial charge in [-0.05, 0) is 30.2 Å². The highest BCUT2D eigenvalue weighted by atomic mass is 16.3. The molecule has 0 aromatic heterocycles. The van der Waals surface area contributed by atoms with Gasteiger partial charge in [0, 0.05) is 0 Å². The molecule has 0 aliphatic carbocycles. The van der Waals surface area contributed by atoms with Crippen LogP contribution in [0.4, 0.5) is 0 Å².